The minimum atomic E-state index is -0.885. The summed E-state index contributed by atoms with van der Waals surface area (Å²) in [4.78, 5) is 23.7. The lowest BCUT2D eigenvalue weighted by atomic mass is 9.83. The number of carbonyl (C=O) groups excluding carboxylic acids is 2. The lowest BCUT2D eigenvalue weighted by Gasteiger charge is -2.29. The Kier molecular flexibility index (Phi) is 6.02. The fraction of sp³-hybridized carbons (Fsp3) is 0.500. The summed E-state index contributed by atoms with van der Waals surface area (Å²) in [6.07, 6.45) is -0.617. The van der Waals surface area contributed by atoms with E-state index in [0.717, 1.165) is 12.1 Å². The first kappa shape index (κ1) is 18.1. The molecule has 0 saturated carbocycles. The molecule has 1 unspecified atom stereocenters. The average Bonchev–Trinajstić information content (AvgIpc) is 2.42. The number of nitrogens with one attached hydrogen (secondary N) is 1. The lowest BCUT2D eigenvalue weighted by Crippen LogP contribution is -2.49. The van der Waals surface area contributed by atoms with E-state index in [4.69, 9.17) is 4.74 Å². The van der Waals surface area contributed by atoms with Crippen LogP contribution in [0.3, 0.4) is 0 Å². The molecule has 122 valence electrons. The van der Waals surface area contributed by atoms with Crippen LogP contribution < -0.4 is 5.32 Å². The van der Waals surface area contributed by atoms with Crippen LogP contribution in [0.5, 0.6) is 0 Å². The fourth-order valence-electron chi connectivity index (χ4n) is 1.95. The number of hydrogen-bond acceptors (Lipinski definition) is 3. The van der Waals surface area contributed by atoms with Gasteiger partial charge in [-0.25, -0.2) is 13.6 Å². The molecule has 0 saturated heterocycles. The molecule has 0 bridgehead atoms. The standard InChI is InChI=1S/C16H21F2NO3/c1-5-13(20)14(16(2,3)4)19-15(21)22-9-10-11(17)7-6-8-12(10)18/h6-8,14H,5,9H2,1-4H3,(H,19,21). The number of ketones is 1. The second kappa shape index (κ2) is 7.33. The van der Waals surface area contributed by atoms with Crippen LogP contribution in [-0.2, 0) is 16.1 Å². The number of benzene rings is 1. The second-order valence-electron chi connectivity index (χ2n) is 6.04. The Morgan fingerprint density at radius 3 is 2.23 bits per heavy atom. The molecule has 1 atom stereocenters. The maximum atomic E-state index is 13.4. The van der Waals surface area contributed by atoms with Crippen LogP contribution in [0.1, 0.15) is 39.7 Å². The largest absolute Gasteiger partial charge is 0.444 e. The minimum absolute atomic E-state index is 0.137. The Hall–Kier alpha value is -1.98. The molecule has 1 rings (SSSR count). The van der Waals surface area contributed by atoms with Gasteiger partial charge >= 0.3 is 6.09 Å². The van der Waals surface area contributed by atoms with Crippen molar-refractivity contribution in [1.82, 2.24) is 5.32 Å². The zero-order valence-corrected chi connectivity index (χ0v) is 13.2. The van der Waals surface area contributed by atoms with E-state index < -0.39 is 35.8 Å². The van der Waals surface area contributed by atoms with E-state index in [1.54, 1.807) is 6.92 Å². The molecular formula is C16H21F2NO3. The summed E-state index contributed by atoms with van der Waals surface area (Å²) in [5.41, 5.74) is -0.818. The normalized spacial score (nSPS) is 12.6. The Bertz CT molecular complexity index is 533. The first-order valence-electron chi connectivity index (χ1n) is 7.05. The van der Waals surface area contributed by atoms with Crippen LogP contribution >= 0.6 is 0 Å². The van der Waals surface area contributed by atoms with Gasteiger partial charge in [0, 0.05) is 6.42 Å². The summed E-state index contributed by atoms with van der Waals surface area (Å²) in [5, 5.41) is 2.46. The van der Waals surface area contributed by atoms with Crippen molar-refractivity contribution in [3.63, 3.8) is 0 Å². The third-order valence-electron chi connectivity index (χ3n) is 3.21. The van der Waals surface area contributed by atoms with E-state index in [1.807, 2.05) is 20.8 Å². The summed E-state index contributed by atoms with van der Waals surface area (Å²) in [6.45, 7) is 6.58. The summed E-state index contributed by atoms with van der Waals surface area (Å²) < 4.78 is 31.7. The van der Waals surface area contributed by atoms with Crippen LogP contribution in [-0.4, -0.2) is 17.9 Å². The zero-order chi connectivity index (χ0) is 16.9. The minimum Gasteiger partial charge on any atom is -0.444 e. The molecule has 4 nitrogen and oxygen atoms in total. The molecule has 22 heavy (non-hydrogen) atoms. The molecule has 0 aliphatic heterocycles. The van der Waals surface area contributed by atoms with Gasteiger partial charge in [-0.3, -0.25) is 4.79 Å². The number of amides is 1. The molecule has 0 aromatic heterocycles. The molecular weight excluding hydrogens is 292 g/mol. The van der Waals surface area contributed by atoms with Crippen LogP contribution in [0.25, 0.3) is 0 Å². The zero-order valence-electron chi connectivity index (χ0n) is 13.2. The summed E-state index contributed by atoms with van der Waals surface area (Å²) in [5.74, 6) is -1.71. The van der Waals surface area contributed by atoms with Crippen LogP contribution in [0.2, 0.25) is 0 Å². The fourth-order valence-corrected chi connectivity index (χ4v) is 1.95. The van der Waals surface area contributed by atoms with Crippen molar-refractivity contribution in [2.75, 3.05) is 0 Å². The van der Waals surface area contributed by atoms with Crippen molar-refractivity contribution in [3.8, 4) is 0 Å². The Balaban J connectivity index is 2.71. The van der Waals surface area contributed by atoms with Gasteiger partial charge < -0.3 is 10.1 Å². The van der Waals surface area contributed by atoms with Crippen molar-refractivity contribution in [2.45, 2.75) is 46.8 Å². The lowest BCUT2D eigenvalue weighted by molar-refractivity contribution is -0.123. The monoisotopic (exact) mass is 313 g/mol. The molecule has 0 radical (unpaired) electrons. The topological polar surface area (TPSA) is 55.4 Å². The molecule has 1 N–H and O–H groups in total. The van der Waals surface area contributed by atoms with E-state index in [-0.39, 0.29) is 17.8 Å². The molecule has 1 aromatic rings. The average molecular weight is 313 g/mol. The van der Waals surface area contributed by atoms with Crippen molar-refractivity contribution in [3.05, 3.63) is 35.4 Å². The van der Waals surface area contributed by atoms with Gasteiger partial charge in [-0.05, 0) is 17.5 Å². The Morgan fingerprint density at radius 1 is 1.23 bits per heavy atom. The van der Waals surface area contributed by atoms with Crippen molar-refractivity contribution < 1.29 is 23.1 Å². The highest BCUT2D eigenvalue weighted by Gasteiger charge is 2.32. The Labute approximate surface area is 128 Å². The first-order chi connectivity index (χ1) is 10.2. The third kappa shape index (κ3) is 4.79. The van der Waals surface area contributed by atoms with Crippen molar-refractivity contribution in [1.29, 1.82) is 0 Å². The van der Waals surface area contributed by atoms with Gasteiger partial charge in [0.25, 0.3) is 0 Å². The number of ether oxygens (including phenoxy) is 1. The maximum Gasteiger partial charge on any atom is 0.408 e. The summed E-state index contributed by atoms with van der Waals surface area (Å²) in [7, 11) is 0. The second-order valence-corrected chi connectivity index (χ2v) is 6.04. The summed E-state index contributed by atoms with van der Waals surface area (Å²) >= 11 is 0. The highest BCUT2D eigenvalue weighted by atomic mass is 19.1. The smallest absolute Gasteiger partial charge is 0.408 e. The number of rotatable bonds is 5. The summed E-state index contributed by atoms with van der Waals surface area (Å²) in [6, 6.07) is 2.66. The van der Waals surface area contributed by atoms with Gasteiger partial charge in [0.2, 0.25) is 0 Å². The molecule has 1 aromatic carbocycles. The van der Waals surface area contributed by atoms with Crippen LogP contribution in [0.15, 0.2) is 18.2 Å². The number of carbonyl (C=O) groups is 2. The molecule has 6 heteroatoms. The highest BCUT2D eigenvalue weighted by Crippen LogP contribution is 2.21. The van der Waals surface area contributed by atoms with E-state index >= 15 is 0 Å². The van der Waals surface area contributed by atoms with E-state index in [0.29, 0.717) is 0 Å². The third-order valence-corrected chi connectivity index (χ3v) is 3.21. The molecule has 0 fully saturated rings. The van der Waals surface area contributed by atoms with E-state index in [1.165, 1.54) is 6.07 Å². The maximum absolute atomic E-state index is 13.4. The van der Waals surface area contributed by atoms with Crippen LogP contribution in [0, 0.1) is 17.0 Å². The Morgan fingerprint density at radius 2 is 1.77 bits per heavy atom. The number of alkyl carbamates (subject to hydrolysis) is 1. The quantitative estimate of drug-likeness (QED) is 0.904. The van der Waals surface area contributed by atoms with Crippen molar-refractivity contribution >= 4 is 11.9 Å². The molecule has 0 aliphatic rings. The first-order valence-corrected chi connectivity index (χ1v) is 7.05. The molecule has 1 amide bonds. The van der Waals surface area contributed by atoms with Gasteiger partial charge in [-0.1, -0.05) is 33.8 Å². The van der Waals surface area contributed by atoms with E-state index in [2.05, 4.69) is 5.32 Å². The van der Waals surface area contributed by atoms with E-state index in [9.17, 15) is 18.4 Å². The van der Waals surface area contributed by atoms with Gasteiger partial charge in [-0.2, -0.15) is 0 Å². The SMILES string of the molecule is CCC(=O)C(NC(=O)OCc1c(F)cccc1F)C(C)(C)C. The predicted octanol–water partition coefficient (Wildman–Crippen LogP) is 3.58. The molecule has 0 aliphatic carbocycles. The van der Waals surface area contributed by atoms with Crippen molar-refractivity contribution in [2.24, 2.45) is 5.41 Å². The van der Waals surface area contributed by atoms with Gasteiger partial charge in [0.15, 0.2) is 5.78 Å². The molecule has 0 spiro atoms. The van der Waals surface area contributed by atoms with Gasteiger partial charge in [0.05, 0.1) is 11.6 Å². The predicted molar refractivity (Wildman–Crippen MR) is 78.2 cm³/mol. The number of halogens is 2. The van der Waals surface area contributed by atoms with Crippen LogP contribution in [0.4, 0.5) is 13.6 Å². The number of Topliss-reactive ketones (excluding diaryl/α,β-unsaturated/α-hetero) is 1. The molecule has 0 heterocycles. The van der Waals surface area contributed by atoms with Gasteiger partial charge in [0.1, 0.15) is 18.2 Å². The number of hydrogen-bond donors (Lipinski definition) is 1. The highest BCUT2D eigenvalue weighted by molar-refractivity contribution is 5.87. The van der Waals surface area contributed by atoms with Gasteiger partial charge in [-0.15, -0.1) is 0 Å².